The topological polar surface area (TPSA) is 55.4 Å². The number of hydrogen-bond acceptors (Lipinski definition) is 6. The van der Waals surface area contributed by atoms with Gasteiger partial charge in [-0.15, -0.1) is 0 Å². The van der Waals surface area contributed by atoms with Gasteiger partial charge in [-0.05, 0) is 5.41 Å². The highest BCUT2D eigenvalue weighted by atomic mass is 28.4. The van der Waals surface area contributed by atoms with Crippen molar-refractivity contribution in [2.45, 2.75) is 25.9 Å². The molecule has 0 atom stereocenters. The molecule has 0 amide bonds. The van der Waals surface area contributed by atoms with Gasteiger partial charge in [0.15, 0.2) is 0 Å². The lowest BCUT2D eigenvalue weighted by Gasteiger charge is -2.37. The van der Waals surface area contributed by atoms with Crippen LogP contribution in [0.2, 0.25) is 12.1 Å². The average molecular weight is 313 g/mol. The minimum Gasteiger partial charge on any atom is -0.377 e. The molecule has 0 unspecified atom stereocenters. The number of hydrogen-bond donors (Lipinski definition) is 0. The first-order chi connectivity index (χ1) is 8.78. The Morgan fingerprint density at radius 1 is 0.579 bits per heavy atom. The Bertz CT molecular complexity index is 213. The third-order valence-corrected chi connectivity index (χ3v) is 9.77. The molecule has 0 fully saturated rings. The van der Waals surface area contributed by atoms with E-state index >= 15 is 0 Å². The van der Waals surface area contributed by atoms with E-state index in [-0.39, 0.29) is 5.41 Å². The van der Waals surface area contributed by atoms with Gasteiger partial charge in [0.2, 0.25) is 0 Å². The summed E-state index contributed by atoms with van der Waals surface area (Å²) in [5.41, 5.74) is -0.150. The fourth-order valence-electron chi connectivity index (χ4n) is 2.17. The minimum atomic E-state index is -2.64. The molecule has 0 aromatic rings. The lowest BCUT2D eigenvalue weighted by atomic mass is 10.00. The Morgan fingerprint density at radius 3 is 0.947 bits per heavy atom. The molecule has 0 aliphatic heterocycles. The summed E-state index contributed by atoms with van der Waals surface area (Å²) in [4.78, 5) is 0. The zero-order valence-corrected chi connectivity index (χ0v) is 15.4. The summed E-state index contributed by atoms with van der Waals surface area (Å²) in [7, 11) is 4.41. The Balaban J connectivity index is 4.96. The van der Waals surface area contributed by atoms with Crippen molar-refractivity contribution in [3.63, 3.8) is 0 Å². The molecule has 0 aliphatic rings. The van der Waals surface area contributed by atoms with Crippen LogP contribution in [0, 0.1) is 5.41 Å². The second-order valence-corrected chi connectivity index (χ2v) is 11.0. The van der Waals surface area contributed by atoms with Crippen molar-refractivity contribution in [3.8, 4) is 0 Å². The number of rotatable bonds is 10. The largest absolute Gasteiger partial charge is 0.500 e. The lowest BCUT2D eigenvalue weighted by Crippen LogP contribution is -2.51. The SMILES string of the molecule is CO[Si](CC(C)(C)C[Si](OC)(OC)OC)(OC)OC. The van der Waals surface area contributed by atoms with E-state index in [0.29, 0.717) is 12.1 Å². The normalized spacial score (nSPS) is 13.9. The van der Waals surface area contributed by atoms with Crippen molar-refractivity contribution < 1.29 is 26.6 Å². The minimum absolute atomic E-state index is 0.150. The molecule has 0 rings (SSSR count). The first-order valence-electron chi connectivity index (χ1n) is 6.09. The van der Waals surface area contributed by atoms with Crippen LogP contribution in [0.4, 0.5) is 0 Å². The molecule has 8 heteroatoms. The highest BCUT2D eigenvalue weighted by Gasteiger charge is 2.50. The van der Waals surface area contributed by atoms with Crippen LogP contribution in [0.3, 0.4) is 0 Å². The molecule has 0 spiro atoms. The zero-order chi connectivity index (χ0) is 15.2. The molecule has 0 radical (unpaired) electrons. The molecule has 0 aromatic heterocycles. The molecule has 0 saturated heterocycles. The smallest absolute Gasteiger partial charge is 0.377 e. The Kier molecular flexibility index (Phi) is 7.92. The monoisotopic (exact) mass is 312 g/mol. The van der Waals surface area contributed by atoms with Gasteiger partial charge in [0.05, 0.1) is 0 Å². The van der Waals surface area contributed by atoms with Gasteiger partial charge in [-0.2, -0.15) is 0 Å². The third kappa shape index (κ3) is 5.23. The van der Waals surface area contributed by atoms with Crippen LogP contribution < -0.4 is 0 Å². The third-order valence-electron chi connectivity index (χ3n) is 3.26. The van der Waals surface area contributed by atoms with E-state index in [0.717, 1.165) is 0 Å². The highest BCUT2D eigenvalue weighted by molar-refractivity contribution is 6.62. The van der Waals surface area contributed by atoms with Crippen molar-refractivity contribution in [1.29, 1.82) is 0 Å². The van der Waals surface area contributed by atoms with Gasteiger partial charge in [-0.25, -0.2) is 0 Å². The predicted molar refractivity (Wildman–Crippen MR) is 77.0 cm³/mol. The Labute approximate surface area is 119 Å². The summed E-state index contributed by atoms with van der Waals surface area (Å²) in [6.45, 7) is 4.20. The van der Waals surface area contributed by atoms with Gasteiger partial charge in [0.25, 0.3) is 0 Å². The molecular weight excluding hydrogens is 284 g/mol. The molecule has 0 bridgehead atoms. The second-order valence-electron chi connectivity index (χ2n) is 5.11. The van der Waals surface area contributed by atoms with Gasteiger partial charge < -0.3 is 26.6 Å². The van der Waals surface area contributed by atoms with Crippen molar-refractivity contribution >= 4 is 17.6 Å². The average Bonchev–Trinajstić information content (AvgIpc) is 2.42. The van der Waals surface area contributed by atoms with E-state index in [2.05, 4.69) is 13.8 Å². The summed E-state index contributed by atoms with van der Waals surface area (Å²) in [6, 6.07) is 1.32. The van der Waals surface area contributed by atoms with Gasteiger partial charge in [-0.3, -0.25) is 0 Å². The zero-order valence-electron chi connectivity index (χ0n) is 13.4. The molecule has 0 heterocycles. The lowest BCUT2D eigenvalue weighted by molar-refractivity contribution is 0.0957. The molecule has 6 nitrogen and oxygen atoms in total. The van der Waals surface area contributed by atoms with Crippen LogP contribution in [-0.2, 0) is 26.6 Å². The molecule has 0 N–H and O–H groups in total. The van der Waals surface area contributed by atoms with E-state index in [4.69, 9.17) is 26.6 Å². The molecule has 0 aliphatic carbocycles. The second kappa shape index (κ2) is 7.84. The van der Waals surface area contributed by atoms with E-state index in [1.54, 1.807) is 42.7 Å². The van der Waals surface area contributed by atoms with Crippen LogP contribution in [0.25, 0.3) is 0 Å². The molecular formula is C11H28O6Si2. The van der Waals surface area contributed by atoms with E-state index in [9.17, 15) is 0 Å². The van der Waals surface area contributed by atoms with E-state index in [1.807, 2.05) is 0 Å². The van der Waals surface area contributed by atoms with Crippen molar-refractivity contribution in [2.75, 3.05) is 42.7 Å². The van der Waals surface area contributed by atoms with Gasteiger partial charge in [-0.1, -0.05) is 13.8 Å². The molecule has 0 saturated carbocycles. The standard InChI is InChI=1S/C11H28O6Si2/c1-11(2,9-18(12-3,13-4)14-5)10-19(15-6,16-7)17-8/h9-10H2,1-8H3. The highest BCUT2D eigenvalue weighted by Crippen LogP contribution is 2.37. The summed E-state index contributed by atoms with van der Waals surface area (Å²) in [5.74, 6) is 0. The quantitative estimate of drug-likeness (QED) is 0.573. The first kappa shape index (κ1) is 19.2. The van der Waals surface area contributed by atoms with Crippen LogP contribution in [0.5, 0.6) is 0 Å². The van der Waals surface area contributed by atoms with Crippen LogP contribution >= 0.6 is 0 Å². The fourth-order valence-corrected chi connectivity index (χ4v) is 6.88. The Hall–Kier alpha value is 0.194. The summed E-state index contributed by atoms with van der Waals surface area (Å²) < 4.78 is 32.8. The maximum atomic E-state index is 5.47. The van der Waals surface area contributed by atoms with Crippen molar-refractivity contribution in [2.24, 2.45) is 5.41 Å². The Morgan fingerprint density at radius 2 is 0.789 bits per heavy atom. The predicted octanol–water partition coefficient (Wildman–Crippen LogP) is 1.77. The van der Waals surface area contributed by atoms with Crippen molar-refractivity contribution in [3.05, 3.63) is 0 Å². The van der Waals surface area contributed by atoms with Crippen molar-refractivity contribution in [1.82, 2.24) is 0 Å². The van der Waals surface area contributed by atoms with Gasteiger partial charge in [0.1, 0.15) is 0 Å². The van der Waals surface area contributed by atoms with Crippen LogP contribution in [0.15, 0.2) is 0 Å². The van der Waals surface area contributed by atoms with Gasteiger partial charge >= 0.3 is 17.6 Å². The summed E-state index contributed by atoms with van der Waals surface area (Å²) >= 11 is 0. The van der Waals surface area contributed by atoms with E-state index < -0.39 is 17.6 Å². The maximum absolute atomic E-state index is 5.47. The molecule has 19 heavy (non-hydrogen) atoms. The molecule has 116 valence electrons. The molecule has 0 aromatic carbocycles. The fraction of sp³-hybridized carbons (Fsp3) is 1.00. The van der Waals surface area contributed by atoms with Crippen LogP contribution in [-0.4, -0.2) is 60.3 Å². The summed E-state index contributed by atoms with van der Waals surface area (Å²) in [6.07, 6.45) is 0. The summed E-state index contributed by atoms with van der Waals surface area (Å²) in [5, 5.41) is 0. The van der Waals surface area contributed by atoms with Crippen LogP contribution in [0.1, 0.15) is 13.8 Å². The maximum Gasteiger partial charge on any atom is 0.500 e. The first-order valence-corrected chi connectivity index (χ1v) is 9.95. The van der Waals surface area contributed by atoms with E-state index in [1.165, 1.54) is 0 Å². The van der Waals surface area contributed by atoms with Gasteiger partial charge in [0, 0.05) is 54.7 Å².